The first-order chi connectivity index (χ1) is 13.0. The molecule has 3 nitrogen and oxygen atoms in total. The molecular formula is C19H16F2N2OS3. The lowest BCUT2D eigenvalue weighted by Crippen LogP contribution is -2.12. The minimum Gasteiger partial charge on any atom is -0.322 e. The van der Waals surface area contributed by atoms with Crippen molar-refractivity contribution in [3.63, 3.8) is 0 Å². The third kappa shape index (κ3) is 5.79. The van der Waals surface area contributed by atoms with Gasteiger partial charge < -0.3 is 5.32 Å². The van der Waals surface area contributed by atoms with Gasteiger partial charge in [0.25, 0.3) is 11.7 Å². The molecule has 1 aromatic heterocycles. The van der Waals surface area contributed by atoms with Crippen molar-refractivity contribution in [1.82, 2.24) is 4.98 Å². The first kappa shape index (κ1) is 19.9. The number of carbonyl (C=O) groups excluding carboxylic acids is 1. The highest BCUT2D eigenvalue weighted by Gasteiger charge is 2.13. The van der Waals surface area contributed by atoms with E-state index in [1.807, 2.05) is 30.5 Å². The van der Waals surface area contributed by atoms with Crippen LogP contribution in [-0.4, -0.2) is 16.6 Å². The van der Waals surface area contributed by atoms with Crippen LogP contribution in [0.25, 0.3) is 0 Å². The molecule has 140 valence electrons. The number of nitrogens with one attached hydrogen (secondary N) is 1. The van der Waals surface area contributed by atoms with E-state index in [0.717, 1.165) is 15.6 Å². The lowest BCUT2D eigenvalue weighted by atomic mass is 10.2. The fourth-order valence-electron chi connectivity index (χ4n) is 2.32. The van der Waals surface area contributed by atoms with Crippen LogP contribution < -0.4 is 5.32 Å². The van der Waals surface area contributed by atoms with Gasteiger partial charge >= 0.3 is 0 Å². The molecule has 1 heterocycles. The number of hydrogen-bond acceptors (Lipinski definition) is 5. The highest BCUT2D eigenvalue weighted by atomic mass is 32.2. The fourth-order valence-corrected chi connectivity index (χ4v) is 4.48. The van der Waals surface area contributed by atoms with Crippen LogP contribution in [0.4, 0.5) is 14.5 Å². The van der Waals surface area contributed by atoms with Crippen molar-refractivity contribution in [2.45, 2.75) is 28.2 Å². The first-order valence-corrected chi connectivity index (χ1v) is 10.7. The zero-order valence-electron chi connectivity index (χ0n) is 14.3. The molecule has 2 aromatic carbocycles. The maximum absolute atomic E-state index is 12.6. The molecule has 0 atom stereocenters. The number of anilines is 1. The number of benzene rings is 2. The van der Waals surface area contributed by atoms with Crippen molar-refractivity contribution in [2.24, 2.45) is 0 Å². The summed E-state index contributed by atoms with van der Waals surface area (Å²) >= 11 is 3.64. The number of halogens is 2. The summed E-state index contributed by atoms with van der Waals surface area (Å²) in [4.78, 5) is 18.4. The Morgan fingerprint density at radius 3 is 2.59 bits per heavy atom. The predicted octanol–water partition coefficient (Wildman–Crippen LogP) is 6.31. The molecule has 0 saturated heterocycles. The summed E-state index contributed by atoms with van der Waals surface area (Å²) in [5, 5.41) is 5.86. The number of hydrogen-bond donors (Lipinski definition) is 1. The van der Waals surface area contributed by atoms with Crippen molar-refractivity contribution in [1.29, 1.82) is 0 Å². The van der Waals surface area contributed by atoms with Crippen LogP contribution in [-0.2, 0) is 5.75 Å². The van der Waals surface area contributed by atoms with Gasteiger partial charge in [-0.3, -0.25) is 4.79 Å². The Labute approximate surface area is 168 Å². The summed E-state index contributed by atoms with van der Waals surface area (Å²) in [6.07, 6.45) is 0. The van der Waals surface area contributed by atoms with Crippen LogP contribution in [0.1, 0.15) is 21.1 Å². The van der Waals surface area contributed by atoms with E-state index in [-0.39, 0.29) is 5.91 Å². The zero-order chi connectivity index (χ0) is 19.2. The summed E-state index contributed by atoms with van der Waals surface area (Å²) in [7, 11) is 0. The number of alkyl halides is 2. The van der Waals surface area contributed by atoms with Gasteiger partial charge in [-0.2, -0.15) is 8.78 Å². The topological polar surface area (TPSA) is 42.0 Å². The monoisotopic (exact) mass is 422 g/mol. The molecule has 1 N–H and O–H groups in total. The highest BCUT2D eigenvalue weighted by Crippen LogP contribution is 2.29. The lowest BCUT2D eigenvalue weighted by molar-refractivity contribution is 0.102. The summed E-state index contributed by atoms with van der Waals surface area (Å²) in [6, 6.07) is 13.8. The highest BCUT2D eigenvalue weighted by molar-refractivity contribution is 7.99. The number of aromatic nitrogens is 1. The van der Waals surface area contributed by atoms with Crippen molar-refractivity contribution < 1.29 is 13.6 Å². The number of thioether (sulfide) groups is 2. The minimum atomic E-state index is -2.46. The van der Waals surface area contributed by atoms with Crippen LogP contribution in [0.5, 0.6) is 0 Å². The van der Waals surface area contributed by atoms with Gasteiger partial charge in [-0.25, -0.2) is 4.98 Å². The van der Waals surface area contributed by atoms with Gasteiger partial charge in [0.15, 0.2) is 0 Å². The first-order valence-electron chi connectivity index (χ1n) is 8.00. The van der Waals surface area contributed by atoms with E-state index >= 15 is 0 Å². The van der Waals surface area contributed by atoms with Crippen molar-refractivity contribution in [3.05, 3.63) is 70.2 Å². The third-order valence-electron chi connectivity index (χ3n) is 3.51. The van der Waals surface area contributed by atoms with Gasteiger partial charge in [-0.05, 0) is 43.3 Å². The molecule has 8 heteroatoms. The van der Waals surface area contributed by atoms with Gasteiger partial charge in [0.2, 0.25) is 0 Å². The quantitative estimate of drug-likeness (QED) is 0.453. The number of amides is 1. The maximum Gasteiger partial charge on any atom is 0.288 e. The Morgan fingerprint density at radius 2 is 1.93 bits per heavy atom. The van der Waals surface area contributed by atoms with Gasteiger partial charge in [0.05, 0.1) is 16.3 Å². The molecule has 3 rings (SSSR count). The van der Waals surface area contributed by atoms with Crippen LogP contribution in [0.15, 0.2) is 63.7 Å². The molecular weight excluding hydrogens is 406 g/mol. The standard InChI is InChI=1S/C19H16F2N2OS3/c1-12-22-14(10-25-12)11-26-17-5-3-2-4-16(17)18(24)23-13-6-8-15(9-7-13)27-19(20)21/h2-10,19H,11H2,1H3,(H,23,24). The normalized spacial score (nSPS) is 11.0. The molecule has 0 aliphatic rings. The molecule has 0 bridgehead atoms. The zero-order valence-corrected chi connectivity index (χ0v) is 16.8. The van der Waals surface area contributed by atoms with E-state index in [0.29, 0.717) is 33.7 Å². The number of aryl methyl sites for hydroxylation is 1. The number of nitrogens with zero attached hydrogens (tertiary/aromatic N) is 1. The smallest absolute Gasteiger partial charge is 0.288 e. The Kier molecular flexibility index (Phi) is 6.87. The molecule has 0 spiro atoms. The van der Waals surface area contributed by atoms with Crippen molar-refractivity contribution in [2.75, 3.05) is 5.32 Å². The Bertz CT molecular complexity index is 913. The molecule has 0 saturated carbocycles. The summed E-state index contributed by atoms with van der Waals surface area (Å²) in [5.41, 5.74) is 2.12. The van der Waals surface area contributed by atoms with E-state index in [9.17, 15) is 13.6 Å². The van der Waals surface area contributed by atoms with Gasteiger partial charge in [-0.15, -0.1) is 23.1 Å². The van der Waals surface area contributed by atoms with Gasteiger partial charge in [-0.1, -0.05) is 23.9 Å². The van der Waals surface area contributed by atoms with Crippen molar-refractivity contribution >= 4 is 46.5 Å². The average Bonchev–Trinajstić information content (AvgIpc) is 3.07. The maximum atomic E-state index is 12.6. The number of rotatable bonds is 7. The van der Waals surface area contributed by atoms with Gasteiger partial charge in [0, 0.05) is 26.6 Å². The number of thiazole rings is 1. The molecule has 27 heavy (non-hydrogen) atoms. The summed E-state index contributed by atoms with van der Waals surface area (Å²) in [6.45, 7) is 1.96. The van der Waals surface area contributed by atoms with Crippen LogP contribution in [0, 0.1) is 6.92 Å². The summed E-state index contributed by atoms with van der Waals surface area (Å²) < 4.78 is 24.8. The minimum absolute atomic E-state index is 0.234. The molecule has 3 aromatic rings. The van der Waals surface area contributed by atoms with Crippen LogP contribution in [0.2, 0.25) is 0 Å². The third-order valence-corrected chi connectivity index (χ3v) is 6.16. The molecule has 0 fully saturated rings. The van der Waals surface area contributed by atoms with E-state index in [4.69, 9.17) is 0 Å². The van der Waals surface area contributed by atoms with E-state index in [1.165, 1.54) is 0 Å². The van der Waals surface area contributed by atoms with E-state index in [1.54, 1.807) is 53.4 Å². The van der Waals surface area contributed by atoms with Gasteiger partial charge in [0.1, 0.15) is 0 Å². The second-order valence-electron chi connectivity index (χ2n) is 5.50. The number of carbonyl (C=O) groups is 1. The van der Waals surface area contributed by atoms with Crippen molar-refractivity contribution in [3.8, 4) is 0 Å². The second kappa shape index (κ2) is 9.34. The largest absolute Gasteiger partial charge is 0.322 e. The molecule has 0 unspecified atom stereocenters. The average molecular weight is 423 g/mol. The molecule has 1 amide bonds. The Balaban J connectivity index is 1.67. The second-order valence-corrected chi connectivity index (χ2v) is 8.64. The molecule has 0 aliphatic carbocycles. The van der Waals surface area contributed by atoms with Crippen LogP contribution in [0.3, 0.4) is 0 Å². The van der Waals surface area contributed by atoms with Crippen LogP contribution >= 0.6 is 34.9 Å². The fraction of sp³-hybridized carbons (Fsp3) is 0.158. The van der Waals surface area contributed by atoms with E-state index < -0.39 is 5.76 Å². The molecule has 0 aliphatic heterocycles. The van der Waals surface area contributed by atoms with E-state index in [2.05, 4.69) is 10.3 Å². The Morgan fingerprint density at radius 1 is 1.19 bits per heavy atom. The Hall–Kier alpha value is -1.90. The predicted molar refractivity (Wildman–Crippen MR) is 109 cm³/mol. The SMILES string of the molecule is Cc1nc(CSc2ccccc2C(=O)Nc2ccc(SC(F)F)cc2)cs1. The summed E-state index contributed by atoms with van der Waals surface area (Å²) in [5.74, 6) is -2.01. The molecule has 0 radical (unpaired) electrons. The lowest BCUT2D eigenvalue weighted by Gasteiger charge is -2.10.